The van der Waals surface area contributed by atoms with Crippen LogP contribution in [0.15, 0.2) is 176 Å². The molecular formula is C49H29N5. The van der Waals surface area contributed by atoms with Gasteiger partial charge in [0.15, 0.2) is 0 Å². The Morgan fingerprint density at radius 2 is 0.833 bits per heavy atom. The van der Waals surface area contributed by atoms with Crippen LogP contribution in [0.4, 0.5) is 0 Å². The zero-order valence-electron chi connectivity index (χ0n) is 29.0. The molecule has 250 valence electrons. The van der Waals surface area contributed by atoms with Crippen LogP contribution >= 0.6 is 0 Å². The Labute approximate surface area is 308 Å². The summed E-state index contributed by atoms with van der Waals surface area (Å²) in [6.07, 6.45) is 0. The lowest BCUT2D eigenvalue weighted by Gasteiger charge is -2.13. The molecular weight excluding hydrogens is 659 g/mol. The summed E-state index contributed by atoms with van der Waals surface area (Å²) in [5, 5.41) is 7.50. The Kier molecular flexibility index (Phi) is 5.31. The Balaban J connectivity index is 1.05. The molecule has 0 aliphatic rings. The Bertz CT molecular complexity index is 3620. The van der Waals surface area contributed by atoms with E-state index in [1.807, 2.05) is 0 Å². The van der Waals surface area contributed by atoms with Crippen LogP contribution in [-0.4, -0.2) is 22.9 Å². The molecule has 54 heavy (non-hydrogen) atoms. The highest BCUT2D eigenvalue weighted by atomic mass is 15.2. The zero-order chi connectivity index (χ0) is 35.1. The summed E-state index contributed by atoms with van der Waals surface area (Å²) in [4.78, 5) is 5.14. The fourth-order valence-electron chi connectivity index (χ4n) is 9.42. The molecule has 5 heteroatoms. The third-order valence-corrected chi connectivity index (χ3v) is 11.7. The molecule has 5 aromatic heterocycles. The number of hydrogen-bond donors (Lipinski definition) is 0. The van der Waals surface area contributed by atoms with E-state index in [1.165, 1.54) is 82.1 Å². The summed E-state index contributed by atoms with van der Waals surface area (Å²) < 4.78 is 9.49. The first-order valence-corrected chi connectivity index (χ1v) is 18.5. The second kappa shape index (κ2) is 10.1. The number of hydrogen-bond acceptors (Lipinski definition) is 1. The first-order valence-electron chi connectivity index (χ1n) is 18.5. The summed E-state index contributed by atoms with van der Waals surface area (Å²) in [5.41, 5.74) is 15.2. The summed E-state index contributed by atoms with van der Waals surface area (Å²) >= 11 is 0. The van der Waals surface area contributed by atoms with Gasteiger partial charge in [-0.15, -0.1) is 0 Å². The second-order valence-corrected chi connectivity index (χ2v) is 14.5. The minimum absolute atomic E-state index is 0.955. The second-order valence-electron chi connectivity index (χ2n) is 14.5. The van der Waals surface area contributed by atoms with Crippen molar-refractivity contribution in [2.45, 2.75) is 0 Å². The lowest BCUT2D eigenvalue weighted by Crippen LogP contribution is -1.98. The van der Waals surface area contributed by atoms with Crippen LogP contribution in [0.3, 0.4) is 0 Å². The lowest BCUT2D eigenvalue weighted by molar-refractivity contribution is 1.13. The fraction of sp³-hybridized carbons (Fsp3) is 0. The van der Waals surface area contributed by atoms with Gasteiger partial charge in [0.25, 0.3) is 0 Å². The highest BCUT2D eigenvalue weighted by molar-refractivity contribution is 6.18. The van der Waals surface area contributed by atoms with E-state index in [9.17, 15) is 0 Å². The van der Waals surface area contributed by atoms with Gasteiger partial charge >= 0.3 is 0 Å². The van der Waals surface area contributed by atoms with E-state index in [0.717, 1.165) is 28.2 Å². The van der Waals surface area contributed by atoms with Gasteiger partial charge in [0.2, 0.25) is 5.78 Å². The first kappa shape index (κ1) is 28.2. The van der Waals surface area contributed by atoms with Crippen LogP contribution in [0, 0.1) is 0 Å². The average Bonchev–Trinajstić information content (AvgIpc) is 4.02. The Hall–Kier alpha value is -7.37. The van der Waals surface area contributed by atoms with Crippen molar-refractivity contribution < 1.29 is 0 Å². The van der Waals surface area contributed by atoms with E-state index in [2.05, 4.69) is 194 Å². The van der Waals surface area contributed by atoms with Gasteiger partial charge in [-0.2, -0.15) is 0 Å². The van der Waals surface area contributed by atoms with Crippen molar-refractivity contribution in [3.8, 4) is 22.5 Å². The molecule has 0 atom stereocenters. The third kappa shape index (κ3) is 3.55. The molecule has 5 nitrogen and oxygen atoms in total. The number of aromatic nitrogens is 5. The highest BCUT2D eigenvalue weighted by Gasteiger charge is 2.22. The quantitative estimate of drug-likeness (QED) is 0.182. The van der Waals surface area contributed by atoms with Gasteiger partial charge < -0.3 is 9.13 Å². The molecule has 0 saturated carbocycles. The van der Waals surface area contributed by atoms with Crippen LogP contribution in [0.5, 0.6) is 0 Å². The van der Waals surface area contributed by atoms with Gasteiger partial charge in [-0.25, -0.2) is 4.98 Å². The van der Waals surface area contributed by atoms with E-state index in [-0.39, 0.29) is 0 Å². The molecule has 0 aliphatic heterocycles. The average molecular weight is 688 g/mol. The molecule has 13 aromatic rings. The van der Waals surface area contributed by atoms with Crippen LogP contribution in [0.2, 0.25) is 0 Å². The van der Waals surface area contributed by atoms with Gasteiger partial charge in [0.05, 0.1) is 49.7 Å². The standard InChI is InChI=1S/C49H29N5/c1-6-19-41-34(14-1)35-15-2-7-20-42(35)51(41)32-12-11-13-33(29-32)52-43-21-8-3-16-36(43)38-26-30(24-25-45(38)52)31-27-39-37-17-4-9-22-44(37)54-48(39)47(28-31)53-46-23-10-5-18-40(46)50-49(53)54/h1-29H. The van der Waals surface area contributed by atoms with E-state index >= 15 is 0 Å². The molecule has 0 aliphatic carbocycles. The van der Waals surface area contributed by atoms with Crippen molar-refractivity contribution >= 4 is 87.7 Å². The summed E-state index contributed by atoms with van der Waals surface area (Å²) in [5.74, 6) is 0.955. The van der Waals surface area contributed by atoms with Crippen molar-refractivity contribution in [3.05, 3.63) is 176 Å². The minimum atomic E-state index is 0.955. The van der Waals surface area contributed by atoms with Gasteiger partial charge in [-0.1, -0.05) is 97.1 Å². The molecule has 0 bridgehead atoms. The maximum absolute atomic E-state index is 5.14. The highest BCUT2D eigenvalue weighted by Crippen LogP contribution is 2.42. The summed E-state index contributed by atoms with van der Waals surface area (Å²) in [7, 11) is 0. The molecule has 0 unspecified atom stereocenters. The lowest BCUT2D eigenvalue weighted by atomic mass is 10.00. The van der Waals surface area contributed by atoms with Crippen LogP contribution in [-0.2, 0) is 0 Å². The van der Waals surface area contributed by atoms with Gasteiger partial charge in [-0.05, 0) is 90.0 Å². The normalized spacial score (nSPS) is 12.4. The third-order valence-electron chi connectivity index (χ3n) is 11.7. The minimum Gasteiger partial charge on any atom is -0.309 e. The maximum atomic E-state index is 5.14. The fourth-order valence-corrected chi connectivity index (χ4v) is 9.42. The number of imidazole rings is 2. The van der Waals surface area contributed by atoms with Gasteiger partial charge in [0, 0.05) is 43.7 Å². The van der Waals surface area contributed by atoms with Gasteiger partial charge in [0.1, 0.15) is 0 Å². The topological polar surface area (TPSA) is 31.6 Å². The summed E-state index contributed by atoms with van der Waals surface area (Å²) in [6.45, 7) is 0. The van der Waals surface area contributed by atoms with Crippen molar-refractivity contribution in [1.82, 2.24) is 22.9 Å². The number of nitrogens with zero attached hydrogens (tertiary/aromatic N) is 5. The maximum Gasteiger partial charge on any atom is 0.220 e. The first-order chi connectivity index (χ1) is 26.8. The van der Waals surface area contributed by atoms with Crippen LogP contribution in [0.1, 0.15) is 0 Å². The summed E-state index contributed by atoms with van der Waals surface area (Å²) in [6, 6.07) is 64.1. The molecule has 0 N–H and O–H groups in total. The Morgan fingerprint density at radius 3 is 1.50 bits per heavy atom. The van der Waals surface area contributed by atoms with Crippen molar-refractivity contribution in [2.75, 3.05) is 0 Å². The molecule has 8 aromatic carbocycles. The number of benzene rings is 8. The van der Waals surface area contributed by atoms with Crippen molar-refractivity contribution in [3.63, 3.8) is 0 Å². The SMILES string of the molecule is c1cc(-n2c3ccccc3c3ccccc32)cc(-n2c3ccccc3c3cc(-c4cc5c6ccccc6n6c5c(c4)n4c5ccccc5nc46)ccc32)c1. The predicted molar refractivity (Wildman–Crippen MR) is 224 cm³/mol. The predicted octanol–water partition coefficient (Wildman–Crippen LogP) is 12.3. The van der Waals surface area contributed by atoms with Gasteiger partial charge in [-0.3, -0.25) is 8.80 Å². The smallest absolute Gasteiger partial charge is 0.220 e. The van der Waals surface area contributed by atoms with Crippen molar-refractivity contribution in [1.29, 1.82) is 0 Å². The van der Waals surface area contributed by atoms with Crippen LogP contribution in [0.25, 0.3) is 110 Å². The number of para-hydroxylation sites is 6. The van der Waals surface area contributed by atoms with E-state index in [0.29, 0.717) is 0 Å². The molecule has 0 amide bonds. The number of rotatable bonds is 3. The Morgan fingerprint density at radius 1 is 0.315 bits per heavy atom. The molecule has 0 fully saturated rings. The van der Waals surface area contributed by atoms with E-state index < -0.39 is 0 Å². The van der Waals surface area contributed by atoms with E-state index in [1.54, 1.807) is 0 Å². The zero-order valence-corrected chi connectivity index (χ0v) is 29.0. The molecule has 0 saturated heterocycles. The van der Waals surface area contributed by atoms with Crippen molar-refractivity contribution in [2.24, 2.45) is 0 Å². The molecule has 13 rings (SSSR count). The van der Waals surface area contributed by atoms with Crippen LogP contribution < -0.4 is 0 Å². The van der Waals surface area contributed by atoms with E-state index in [4.69, 9.17) is 4.98 Å². The molecule has 0 spiro atoms. The molecule has 5 heterocycles. The number of fused-ring (bicyclic) bond motifs is 14. The monoisotopic (exact) mass is 687 g/mol. The largest absolute Gasteiger partial charge is 0.309 e. The molecule has 0 radical (unpaired) electrons.